The molecule has 0 amide bonds. The van der Waals surface area contributed by atoms with Crippen molar-refractivity contribution in [3.05, 3.63) is 0 Å². The van der Waals surface area contributed by atoms with Gasteiger partial charge in [0, 0.05) is 18.9 Å². The fourth-order valence-electron chi connectivity index (χ4n) is 0.681. The zero-order valence-electron chi connectivity index (χ0n) is 7.88. The van der Waals surface area contributed by atoms with Crippen LogP contribution < -0.4 is 0 Å². The number of esters is 1. The summed E-state index contributed by atoms with van der Waals surface area (Å²) in [5.74, 6) is -0.104. The highest BCUT2D eigenvalue weighted by molar-refractivity contribution is 5.69. The zero-order chi connectivity index (χ0) is 9.40. The lowest BCUT2D eigenvalue weighted by Gasteiger charge is -2.08. The monoisotopic (exact) mass is 174 g/mol. The van der Waals surface area contributed by atoms with Crippen LogP contribution in [-0.4, -0.2) is 24.3 Å². The number of carbonyl (C=O) groups excluding carboxylic acids is 1. The third kappa shape index (κ3) is 6.16. The molecule has 0 fully saturated rings. The van der Waals surface area contributed by atoms with E-state index in [0.717, 1.165) is 12.8 Å². The minimum absolute atomic E-state index is 0.0515. The van der Waals surface area contributed by atoms with E-state index < -0.39 is 0 Å². The van der Waals surface area contributed by atoms with Crippen molar-refractivity contribution in [1.82, 2.24) is 0 Å². The molecule has 0 radical (unpaired) electrons. The minimum Gasteiger partial charge on any atom is -0.465 e. The van der Waals surface area contributed by atoms with Gasteiger partial charge in [-0.1, -0.05) is 20.3 Å². The van der Waals surface area contributed by atoms with Gasteiger partial charge < -0.3 is 9.84 Å². The predicted molar refractivity (Wildman–Crippen MR) is 46.7 cm³/mol. The van der Waals surface area contributed by atoms with Gasteiger partial charge in [-0.15, -0.1) is 0 Å². The van der Waals surface area contributed by atoms with Crippen LogP contribution in [0.1, 0.15) is 33.1 Å². The normalized spacial score (nSPS) is 12.6. The first-order valence-electron chi connectivity index (χ1n) is 4.47. The zero-order valence-corrected chi connectivity index (χ0v) is 7.88. The van der Waals surface area contributed by atoms with Gasteiger partial charge in [0.05, 0.1) is 6.61 Å². The Morgan fingerprint density at radius 1 is 1.58 bits per heavy atom. The van der Waals surface area contributed by atoms with E-state index in [2.05, 4.69) is 0 Å². The maximum Gasteiger partial charge on any atom is 0.305 e. The second-order valence-electron chi connectivity index (χ2n) is 3.07. The molecule has 0 aromatic carbocycles. The van der Waals surface area contributed by atoms with Crippen molar-refractivity contribution in [3.8, 4) is 0 Å². The molecule has 0 aliphatic rings. The number of hydrogen-bond donors (Lipinski definition) is 1. The van der Waals surface area contributed by atoms with Crippen LogP contribution in [0.4, 0.5) is 0 Å². The van der Waals surface area contributed by atoms with E-state index in [0.29, 0.717) is 13.0 Å². The molecule has 1 N–H and O–H groups in total. The van der Waals surface area contributed by atoms with E-state index in [1.807, 2.05) is 13.8 Å². The summed E-state index contributed by atoms with van der Waals surface area (Å²) in [5, 5.41) is 8.63. The van der Waals surface area contributed by atoms with Crippen LogP contribution in [0.2, 0.25) is 0 Å². The summed E-state index contributed by atoms with van der Waals surface area (Å²) >= 11 is 0. The average Bonchev–Trinajstić information content (AvgIpc) is 2.10. The Kier molecular flexibility index (Phi) is 6.76. The smallest absolute Gasteiger partial charge is 0.305 e. The standard InChI is InChI=1S/C9H18O3/c1-3-4-5-9(11)12-7-8(2)6-10/h8,10H,3-7H2,1-2H3/t8-/m1/s1. The lowest BCUT2D eigenvalue weighted by atomic mass is 10.2. The number of carbonyl (C=O) groups is 1. The van der Waals surface area contributed by atoms with E-state index in [9.17, 15) is 4.79 Å². The Bertz CT molecular complexity index is 123. The number of aliphatic hydroxyl groups is 1. The number of rotatable bonds is 6. The molecule has 0 aliphatic heterocycles. The van der Waals surface area contributed by atoms with Crippen LogP contribution in [0, 0.1) is 5.92 Å². The molecule has 0 aromatic heterocycles. The van der Waals surface area contributed by atoms with Gasteiger partial charge >= 0.3 is 5.97 Å². The Morgan fingerprint density at radius 2 is 2.25 bits per heavy atom. The van der Waals surface area contributed by atoms with Crippen LogP contribution in [0.3, 0.4) is 0 Å². The molecule has 1 atom stereocenters. The van der Waals surface area contributed by atoms with Gasteiger partial charge in [-0.05, 0) is 6.42 Å². The number of unbranched alkanes of at least 4 members (excludes halogenated alkanes) is 1. The lowest BCUT2D eigenvalue weighted by Crippen LogP contribution is -2.14. The summed E-state index contributed by atoms with van der Waals surface area (Å²) in [5.41, 5.74) is 0. The second-order valence-corrected chi connectivity index (χ2v) is 3.07. The Hall–Kier alpha value is -0.570. The molecule has 0 aliphatic carbocycles. The van der Waals surface area contributed by atoms with E-state index in [1.54, 1.807) is 0 Å². The third-order valence-corrected chi connectivity index (χ3v) is 1.57. The summed E-state index contributed by atoms with van der Waals surface area (Å²) in [7, 11) is 0. The van der Waals surface area contributed by atoms with Crippen molar-refractivity contribution in [2.24, 2.45) is 5.92 Å². The molecular formula is C9H18O3. The molecule has 0 unspecified atom stereocenters. The average molecular weight is 174 g/mol. The molecule has 0 rings (SSSR count). The fourth-order valence-corrected chi connectivity index (χ4v) is 0.681. The molecule has 3 nitrogen and oxygen atoms in total. The van der Waals surface area contributed by atoms with E-state index >= 15 is 0 Å². The van der Waals surface area contributed by atoms with Crippen LogP contribution in [-0.2, 0) is 9.53 Å². The van der Waals surface area contributed by atoms with Crippen molar-refractivity contribution in [1.29, 1.82) is 0 Å². The fraction of sp³-hybridized carbons (Fsp3) is 0.889. The molecule has 72 valence electrons. The van der Waals surface area contributed by atoms with Gasteiger partial charge in [-0.2, -0.15) is 0 Å². The lowest BCUT2D eigenvalue weighted by molar-refractivity contribution is -0.145. The van der Waals surface area contributed by atoms with E-state index in [-0.39, 0.29) is 18.5 Å². The Morgan fingerprint density at radius 3 is 2.75 bits per heavy atom. The first kappa shape index (κ1) is 11.4. The number of ether oxygens (including phenoxy) is 1. The minimum atomic E-state index is -0.155. The second kappa shape index (κ2) is 7.10. The SMILES string of the molecule is CCCCC(=O)OC[C@H](C)CO. The molecule has 0 saturated carbocycles. The molecule has 0 spiro atoms. The molecule has 3 heteroatoms. The van der Waals surface area contributed by atoms with Gasteiger partial charge in [0.15, 0.2) is 0 Å². The maximum atomic E-state index is 10.9. The maximum absolute atomic E-state index is 10.9. The molecule has 0 saturated heterocycles. The summed E-state index contributed by atoms with van der Waals surface area (Å²) < 4.78 is 4.90. The quantitative estimate of drug-likeness (QED) is 0.618. The van der Waals surface area contributed by atoms with Gasteiger partial charge in [-0.3, -0.25) is 4.79 Å². The van der Waals surface area contributed by atoms with Crippen molar-refractivity contribution < 1.29 is 14.6 Å². The number of aliphatic hydroxyl groups excluding tert-OH is 1. The van der Waals surface area contributed by atoms with Gasteiger partial charge in [0.1, 0.15) is 0 Å². The van der Waals surface area contributed by atoms with Crippen molar-refractivity contribution in [2.45, 2.75) is 33.1 Å². The third-order valence-electron chi connectivity index (χ3n) is 1.57. The molecule has 0 aromatic rings. The Labute approximate surface area is 73.7 Å². The van der Waals surface area contributed by atoms with Crippen LogP contribution in [0.25, 0.3) is 0 Å². The summed E-state index contributed by atoms with van der Waals surface area (Å²) in [4.78, 5) is 10.9. The van der Waals surface area contributed by atoms with Gasteiger partial charge in [-0.25, -0.2) is 0 Å². The number of hydrogen-bond acceptors (Lipinski definition) is 3. The van der Waals surface area contributed by atoms with Crippen molar-refractivity contribution in [2.75, 3.05) is 13.2 Å². The van der Waals surface area contributed by atoms with Crippen molar-refractivity contribution >= 4 is 5.97 Å². The molecule has 0 heterocycles. The van der Waals surface area contributed by atoms with E-state index in [1.165, 1.54) is 0 Å². The molecule has 12 heavy (non-hydrogen) atoms. The van der Waals surface area contributed by atoms with E-state index in [4.69, 9.17) is 9.84 Å². The summed E-state index contributed by atoms with van der Waals surface area (Å²) in [6, 6.07) is 0. The van der Waals surface area contributed by atoms with Crippen LogP contribution in [0.5, 0.6) is 0 Å². The highest BCUT2D eigenvalue weighted by atomic mass is 16.5. The van der Waals surface area contributed by atoms with Gasteiger partial charge in [0.2, 0.25) is 0 Å². The summed E-state index contributed by atoms with van der Waals surface area (Å²) in [6.07, 6.45) is 2.38. The van der Waals surface area contributed by atoms with Crippen molar-refractivity contribution in [3.63, 3.8) is 0 Å². The van der Waals surface area contributed by atoms with Crippen LogP contribution >= 0.6 is 0 Å². The Balaban J connectivity index is 3.31. The van der Waals surface area contributed by atoms with Crippen LogP contribution in [0.15, 0.2) is 0 Å². The summed E-state index contributed by atoms with van der Waals surface area (Å²) in [6.45, 7) is 4.27. The first-order chi connectivity index (χ1) is 5.70. The molecule has 0 bridgehead atoms. The highest BCUT2D eigenvalue weighted by Gasteiger charge is 2.05. The largest absolute Gasteiger partial charge is 0.465 e. The predicted octanol–water partition coefficient (Wildman–Crippen LogP) is 1.35. The highest BCUT2D eigenvalue weighted by Crippen LogP contribution is 1.99. The molecular weight excluding hydrogens is 156 g/mol. The van der Waals surface area contributed by atoms with Gasteiger partial charge in [0.25, 0.3) is 0 Å². The first-order valence-corrected chi connectivity index (χ1v) is 4.47. The topological polar surface area (TPSA) is 46.5 Å².